The molecule has 0 saturated carbocycles. The molecular formula is C14H18N2O2S. The summed E-state index contributed by atoms with van der Waals surface area (Å²) in [6, 6.07) is 6.53. The number of fused-ring (bicyclic) bond motifs is 1. The Balaban J connectivity index is 1.69. The van der Waals surface area contributed by atoms with E-state index in [0.717, 1.165) is 42.1 Å². The van der Waals surface area contributed by atoms with Crippen molar-refractivity contribution in [2.45, 2.75) is 31.7 Å². The van der Waals surface area contributed by atoms with Gasteiger partial charge in [0.05, 0.1) is 0 Å². The molecule has 1 aromatic rings. The lowest BCUT2D eigenvalue weighted by molar-refractivity contribution is -0.116. The van der Waals surface area contributed by atoms with E-state index in [-0.39, 0.29) is 5.91 Å². The zero-order valence-electron chi connectivity index (χ0n) is 10.8. The molecule has 0 aromatic heterocycles. The molecule has 0 unspecified atom stereocenters. The third-order valence-corrected chi connectivity index (χ3v) is 5.14. The summed E-state index contributed by atoms with van der Waals surface area (Å²) >= 11 is 0. The first-order chi connectivity index (χ1) is 9.20. The van der Waals surface area contributed by atoms with Crippen LogP contribution in [0.25, 0.3) is 0 Å². The number of carbonyl (C=O) groups excluding carboxylic acids is 1. The monoisotopic (exact) mass is 278 g/mol. The Morgan fingerprint density at radius 1 is 1.21 bits per heavy atom. The number of aryl methyl sites for hydroxylation is 1. The maximum absolute atomic E-state index is 11.3. The number of nitrogens with one attached hydrogen (secondary N) is 2. The summed E-state index contributed by atoms with van der Waals surface area (Å²) in [6.45, 7) is 0. The second-order valence-electron chi connectivity index (χ2n) is 5.19. The molecule has 5 heteroatoms. The van der Waals surface area contributed by atoms with Gasteiger partial charge < -0.3 is 10.6 Å². The van der Waals surface area contributed by atoms with Gasteiger partial charge in [-0.15, -0.1) is 0 Å². The van der Waals surface area contributed by atoms with Gasteiger partial charge in [-0.3, -0.25) is 9.00 Å². The van der Waals surface area contributed by atoms with Gasteiger partial charge in [-0.25, -0.2) is 0 Å². The number of hydrogen-bond donors (Lipinski definition) is 2. The first-order valence-electron chi connectivity index (χ1n) is 6.75. The number of carbonyl (C=O) groups is 1. The van der Waals surface area contributed by atoms with E-state index in [4.69, 9.17) is 0 Å². The molecule has 1 amide bonds. The van der Waals surface area contributed by atoms with Gasteiger partial charge in [0.15, 0.2) is 0 Å². The minimum Gasteiger partial charge on any atom is -0.382 e. The molecule has 0 bridgehead atoms. The fraction of sp³-hybridized carbons (Fsp3) is 0.500. The molecule has 1 fully saturated rings. The van der Waals surface area contributed by atoms with Crippen molar-refractivity contribution >= 4 is 28.1 Å². The van der Waals surface area contributed by atoms with E-state index in [0.29, 0.717) is 12.5 Å². The maximum atomic E-state index is 11.3. The van der Waals surface area contributed by atoms with Crippen LogP contribution in [0.2, 0.25) is 0 Å². The summed E-state index contributed by atoms with van der Waals surface area (Å²) < 4.78 is 11.3. The van der Waals surface area contributed by atoms with Crippen molar-refractivity contribution in [2.75, 3.05) is 22.1 Å². The predicted octanol–water partition coefficient (Wildman–Crippen LogP) is 1.89. The van der Waals surface area contributed by atoms with Gasteiger partial charge in [-0.2, -0.15) is 0 Å². The second kappa shape index (κ2) is 5.33. The van der Waals surface area contributed by atoms with Crippen LogP contribution in [-0.2, 0) is 22.0 Å². The first-order valence-corrected chi connectivity index (χ1v) is 8.24. The van der Waals surface area contributed by atoms with E-state index in [1.54, 1.807) is 0 Å². The number of hydrogen-bond acceptors (Lipinski definition) is 3. The topological polar surface area (TPSA) is 58.2 Å². The highest BCUT2D eigenvalue weighted by atomic mass is 32.2. The second-order valence-corrected chi connectivity index (χ2v) is 6.88. The fourth-order valence-corrected chi connectivity index (χ4v) is 3.95. The van der Waals surface area contributed by atoms with Crippen molar-refractivity contribution in [3.63, 3.8) is 0 Å². The SMILES string of the molecule is O=C1CCc2cc(NC3CCS(=O)CC3)ccc2N1. The number of rotatable bonds is 2. The van der Waals surface area contributed by atoms with E-state index in [1.165, 1.54) is 5.56 Å². The van der Waals surface area contributed by atoms with Gasteiger partial charge in [0.25, 0.3) is 0 Å². The molecule has 1 aromatic carbocycles. The van der Waals surface area contributed by atoms with Crippen molar-refractivity contribution in [1.29, 1.82) is 0 Å². The molecule has 0 radical (unpaired) electrons. The van der Waals surface area contributed by atoms with Crippen LogP contribution in [0.5, 0.6) is 0 Å². The largest absolute Gasteiger partial charge is 0.382 e. The van der Waals surface area contributed by atoms with E-state index in [9.17, 15) is 9.00 Å². The minimum absolute atomic E-state index is 0.1000. The highest BCUT2D eigenvalue weighted by Crippen LogP contribution is 2.26. The van der Waals surface area contributed by atoms with Crippen molar-refractivity contribution < 1.29 is 9.00 Å². The summed E-state index contributed by atoms with van der Waals surface area (Å²) in [5, 5.41) is 6.41. The van der Waals surface area contributed by atoms with Gasteiger partial charge in [0.1, 0.15) is 0 Å². The molecular weight excluding hydrogens is 260 g/mol. The van der Waals surface area contributed by atoms with Crippen molar-refractivity contribution in [3.05, 3.63) is 23.8 Å². The average Bonchev–Trinajstić information content (AvgIpc) is 2.42. The fourth-order valence-electron chi connectivity index (χ4n) is 2.65. The molecule has 2 N–H and O–H groups in total. The highest BCUT2D eigenvalue weighted by molar-refractivity contribution is 7.85. The molecule has 0 aliphatic carbocycles. The molecule has 0 spiro atoms. The highest BCUT2D eigenvalue weighted by Gasteiger charge is 2.19. The Morgan fingerprint density at radius 3 is 2.79 bits per heavy atom. The third kappa shape index (κ3) is 2.97. The van der Waals surface area contributed by atoms with Crippen LogP contribution in [0, 0.1) is 0 Å². The lowest BCUT2D eigenvalue weighted by Crippen LogP contribution is -2.29. The summed E-state index contributed by atoms with van der Waals surface area (Å²) in [5.41, 5.74) is 3.24. The summed E-state index contributed by atoms with van der Waals surface area (Å²) in [6.07, 6.45) is 3.32. The van der Waals surface area contributed by atoms with Gasteiger partial charge in [0, 0.05) is 46.1 Å². The van der Waals surface area contributed by atoms with Crippen LogP contribution in [0.3, 0.4) is 0 Å². The molecule has 19 heavy (non-hydrogen) atoms. The quantitative estimate of drug-likeness (QED) is 0.868. The van der Waals surface area contributed by atoms with Crippen LogP contribution in [0.1, 0.15) is 24.8 Å². The Kier molecular flexibility index (Phi) is 3.55. The van der Waals surface area contributed by atoms with Crippen molar-refractivity contribution in [3.8, 4) is 0 Å². The Morgan fingerprint density at radius 2 is 2.00 bits per heavy atom. The normalized spacial score (nSPS) is 26.4. The molecule has 2 aliphatic heterocycles. The average molecular weight is 278 g/mol. The molecule has 0 atom stereocenters. The number of amides is 1. The van der Waals surface area contributed by atoms with E-state index >= 15 is 0 Å². The zero-order chi connectivity index (χ0) is 13.2. The molecule has 1 saturated heterocycles. The van der Waals surface area contributed by atoms with E-state index < -0.39 is 10.8 Å². The minimum atomic E-state index is -0.612. The van der Waals surface area contributed by atoms with Crippen LogP contribution in [0.15, 0.2) is 18.2 Å². The van der Waals surface area contributed by atoms with E-state index in [2.05, 4.69) is 16.7 Å². The zero-order valence-corrected chi connectivity index (χ0v) is 11.6. The molecule has 102 valence electrons. The summed E-state index contributed by atoms with van der Waals surface area (Å²) in [5.74, 6) is 1.71. The van der Waals surface area contributed by atoms with Gasteiger partial charge in [-0.1, -0.05) is 0 Å². The molecule has 4 nitrogen and oxygen atoms in total. The summed E-state index contributed by atoms with van der Waals surface area (Å²) in [4.78, 5) is 11.3. The third-order valence-electron chi connectivity index (χ3n) is 3.76. The van der Waals surface area contributed by atoms with Crippen LogP contribution >= 0.6 is 0 Å². The van der Waals surface area contributed by atoms with Gasteiger partial charge >= 0.3 is 0 Å². The Hall–Kier alpha value is -1.36. The Bertz CT molecular complexity index is 520. The van der Waals surface area contributed by atoms with Crippen molar-refractivity contribution in [2.24, 2.45) is 0 Å². The maximum Gasteiger partial charge on any atom is 0.224 e. The van der Waals surface area contributed by atoms with Gasteiger partial charge in [-0.05, 0) is 43.0 Å². The predicted molar refractivity (Wildman–Crippen MR) is 77.9 cm³/mol. The molecule has 2 heterocycles. The smallest absolute Gasteiger partial charge is 0.224 e. The van der Waals surface area contributed by atoms with Crippen LogP contribution < -0.4 is 10.6 Å². The van der Waals surface area contributed by atoms with Crippen LogP contribution in [0.4, 0.5) is 11.4 Å². The standard InChI is InChI=1S/C14H18N2O2S/c17-14-4-1-10-9-12(2-3-13(10)16-14)15-11-5-7-19(18)8-6-11/h2-3,9,11,15H,1,4-8H2,(H,16,17). The number of anilines is 2. The van der Waals surface area contributed by atoms with Gasteiger partial charge in [0.2, 0.25) is 5.91 Å². The first kappa shape index (κ1) is 12.7. The lowest BCUT2D eigenvalue weighted by Gasteiger charge is -2.25. The van der Waals surface area contributed by atoms with E-state index in [1.807, 2.05) is 12.1 Å². The Labute approximate surface area is 115 Å². The molecule has 3 rings (SSSR count). The van der Waals surface area contributed by atoms with Crippen molar-refractivity contribution in [1.82, 2.24) is 0 Å². The molecule has 2 aliphatic rings. The lowest BCUT2D eigenvalue weighted by atomic mass is 10.0. The summed E-state index contributed by atoms with van der Waals surface area (Å²) in [7, 11) is -0.612. The van der Waals surface area contributed by atoms with Crippen LogP contribution in [-0.4, -0.2) is 27.7 Å². The number of benzene rings is 1.